The number of anilines is 1. The van der Waals surface area contributed by atoms with Crippen LogP contribution in [0.4, 0.5) is 5.69 Å². The van der Waals surface area contributed by atoms with E-state index >= 15 is 0 Å². The summed E-state index contributed by atoms with van der Waals surface area (Å²) in [7, 11) is 0. The lowest BCUT2D eigenvalue weighted by Crippen LogP contribution is -2.35. The van der Waals surface area contributed by atoms with Crippen molar-refractivity contribution >= 4 is 23.2 Å². The average molecular weight is 253 g/mol. The van der Waals surface area contributed by atoms with Gasteiger partial charge >= 0.3 is 0 Å². The van der Waals surface area contributed by atoms with Crippen molar-refractivity contribution in [3.8, 4) is 0 Å². The number of hydrogen-bond donors (Lipinski definition) is 1. The van der Waals surface area contributed by atoms with E-state index in [2.05, 4.69) is 6.92 Å². The van der Waals surface area contributed by atoms with E-state index in [-0.39, 0.29) is 5.91 Å². The van der Waals surface area contributed by atoms with Crippen LogP contribution in [0.15, 0.2) is 18.2 Å². The Kier molecular flexibility index (Phi) is 3.57. The van der Waals surface area contributed by atoms with E-state index in [1.165, 1.54) is 0 Å². The van der Waals surface area contributed by atoms with Crippen molar-refractivity contribution in [3.05, 3.63) is 28.8 Å². The van der Waals surface area contributed by atoms with Gasteiger partial charge in [-0.05, 0) is 37.5 Å². The Morgan fingerprint density at radius 3 is 3.00 bits per heavy atom. The van der Waals surface area contributed by atoms with Crippen molar-refractivity contribution in [1.82, 2.24) is 4.90 Å². The molecule has 1 aromatic rings. The zero-order chi connectivity index (χ0) is 12.4. The van der Waals surface area contributed by atoms with Crippen LogP contribution < -0.4 is 5.73 Å². The molecule has 4 heteroatoms. The zero-order valence-electron chi connectivity index (χ0n) is 9.95. The fourth-order valence-corrected chi connectivity index (χ4v) is 2.59. The lowest BCUT2D eigenvalue weighted by atomic mass is 10.1. The number of amides is 1. The molecular formula is C13H17ClN2O. The topological polar surface area (TPSA) is 46.3 Å². The molecule has 1 amide bonds. The lowest BCUT2D eigenvalue weighted by molar-refractivity contribution is 0.0735. The number of hydrogen-bond acceptors (Lipinski definition) is 2. The summed E-state index contributed by atoms with van der Waals surface area (Å²) >= 11 is 5.83. The van der Waals surface area contributed by atoms with Crippen molar-refractivity contribution < 1.29 is 4.79 Å². The zero-order valence-corrected chi connectivity index (χ0v) is 10.7. The van der Waals surface area contributed by atoms with Crippen LogP contribution in [0.2, 0.25) is 5.02 Å². The van der Waals surface area contributed by atoms with Gasteiger partial charge in [-0.3, -0.25) is 4.79 Å². The first kappa shape index (κ1) is 12.2. The summed E-state index contributed by atoms with van der Waals surface area (Å²) < 4.78 is 0. The summed E-state index contributed by atoms with van der Waals surface area (Å²) in [6.45, 7) is 2.95. The molecular weight excluding hydrogens is 236 g/mol. The third kappa shape index (κ3) is 2.39. The number of benzene rings is 1. The van der Waals surface area contributed by atoms with Gasteiger partial charge < -0.3 is 10.6 Å². The van der Waals surface area contributed by atoms with Crippen LogP contribution in [0.3, 0.4) is 0 Å². The monoisotopic (exact) mass is 252 g/mol. The van der Waals surface area contributed by atoms with Crippen LogP contribution in [0.25, 0.3) is 0 Å². The largest absolute Gasteiger partial charge is 0.398 e. The molecule has 1 aliphatic rings. The van der Waals surface area contributed by atoms with E-state index < -0.39 is 0 Å². The highest BCUT2D eigenvalue weighted by molar-refractivity contribution is 6.31. The summed E-state index contributed by atoms with van der Waals surface area (Å²) in [5.74, 6) is 0.0310. The Labute approximate surface area is 107 Å². The van der Waals surface area contributed by atoms with Gasteiger partial charge in [0.25, 0.3) is 5.91 Å². The van der Waals surface area contributed by atoms with Gasteiger partial charge in [-0.15, -0.1) is 0 Å². The molecule has 0 bridgehead atoms. The summed E-state index contributed by atoms with van der Waals surface area (Å²) in [6, 6.07) is 5.41. The number of nitrogen functional groups attached to an aromatic ring is 1. The number of likely N-dealkylation sites (tertiary alicyclic amines) is 1. The SMILES string of the molecule is CCC1CCCN1C(=O)c1ccc(Cl)cc1N. The van der Waals surface area contributed by atoms with Gasteiger partial charge in [-0.25, -0.2) is 0 Å². The van der Waals surface area contributed by atoms with Crippen molar-refractivity contribution in [2.24, 2.45) is 0 Å². The fourth-order valence-electron chi connectivity index (χ4n) is 2.41. The maximum absolute atomic E-state index is 12.4. The number of nitrogens with zero attached hydrogens (tertiary/aromatic N) is 1. The predicted octanol–water partition coefficient (Wildman–Crippen LogP) is 2.94. The van der Waals surface area contributed by atoms with Crippen LogP contribution in [-0.4, -0.2) is 23.4 Å². The van der Waals surface area contributed by atoms with Crippen LogP contribution in [0, 0.1) is 0 Å². The predicted molar refractivity (Wildman–Crippen MR) is 70.2 cm³/mol. The second kappa shape index (κ2) is 4.96. The van der Waals surface area contributed by atoms with Gasteiger partial charge in [0.2, 0.25) is 0 Å². The number of rotatable bonds is 2. The molecule has 0 radical (unpaired) electrons. The number of halogens is 1. The Bertz CT molecular complexity index is 433. The normalized spacial score (nSPS) is 19.6. The van der Waals surface area contributed by atoms with Gasteiger partial charge in [-0.1, -0.05) is 18.5 Å². The van der Waals surface area contributed by atoms with Crippen LogP contribution in [-0.2, 0) is 0 Å². The van der Waals surface area contributed by atoms with E-state index in [1.807, 2.05) is 4.90 Å². The van der Waals surface area contributed by atoms with Gasteiger partial charge in [0, 0.05) is 23.3 Å². The second-order valence-corrected chi connectivity index (χ2v) is 4.87. The molecule has 2 rings (SSSR count). The van der Waals surface area contributed by atoms with E-state index in [4.69, 9.17) is 17.3 Å². The highest BCUT2D eigenvalue weighted by Gasteiger charge is 2.28. The minimum absolute atomic E-state index is 0.0310. The lowest BCUT2D eigenvalue weighted by Gasteiger charge is -2.24. The minimum atomic E-state index is 0.0310. The van der Waals surface area contributed by atoms with Crippen LogP contribution >= 0.6 is 11.6 Å². The van der Waals surface area contributed by atoms with E-state index in [0.717, 1.165) is 25.8 Å². The maximum atomic E-state index is 12.4. The molecule has 0 aliphatic carbocycles. The second-order valence-electron chi connectivity index (χ2n) is 4.43. The van der Waals surface area contributed by atoms with Crippen molar-refractivity contribution in [2.75, 3.05) is 12.3 Å². The molecule has 1 atom stereocenters. The average Bonchev–Trinajstić information content (AvgIpc) is 2.76. The Balaban J connectivity index is 2.24. The molecule has 2 N–H and O–H groups in total. The molecule has 92 valence electrons. The first-order chi connectivity index (χ1) is 8.13. The number of carbonyl (C=O) groups is 1. The van der Waals surface area contributed by atoms with Crippen LogP contribution in [0.5, 0.6) is 0 Å². The Morgan fingerprint density at radius 1 is 1.59 bits per heavy atom. The smallest absolute Gasteiger partial charge is 0.256 e. The molecule has 0 saturated carbocycles. The molecule has 1 fully saturated rings. The fraction of sp³-hybridized carbons (Fsp3) is 0.462. The Morgan fingerprint density at radius 2 is 2.35 bits per heavy atom. The third-order valence-electron chi connectivity index (χ3n) is 3.35. The van der Waals surface area contributed by atoms with Crippen molar-refractivity contribution in [2.45, 2.75) is 32.2 Å². The summed E-state index contributed by atoms with van der Waals surface area (Å²) in [5, 5.41) is 0.563. The third-order valence-corrected chi connectivity index (χ3v) is 3.59. The molecule has 0 spiro atoms. The van der Waals surface area contributed by atoms with Gasteiger partial charge in [0.1, 0.15) is 0 Å². The van der Waals surface area contributed by atoms with E-state index in [1.54, 1.807) is 18.2 Å². The molecule has 1 unspecified atom stereocenters. The number of nitrogens with two attached hydrogens (primary N) is 1. The summed E-state index contributed by atoms with van der Waals surface area (Å²) in [5.41, 5.74) is 6.87. The molecule has 0 aromatic heterocycles. The number of carbonyl (C=O) groups excluding carboxylic acids is 1. The standard InChI is InChI=1S/C13H17ClN2O/c1-2-10-4-3-7-16(10)13(17)11-6-5-9(14)8-12(11)15/h5-6,8,10H,2-4,7,15H2,1H3. The Hall–Kier alpha value is -1.22. The maximum Gasteiger partial charge on any atom is 0.256 e. The van der Waals surface area contributed by atoms with Gasteiger partial charge in [0.15, 0.2) is 0 Å². The summed E-state index contributed by atoms with van der Waals surface area (Å²) in [4.78, 5) is 14.3. The minimum Gasteiger partial charge on any atom is -0.398 e. The van der Waals surface area contributed by atoms with E-state index in [9.17, 15) is 4.79 Å². The molecule has 1 aromatic carbocycles. The molecule has 1 saturated heterocycles. The van der Waals surface area contributed by atoms with Crippen molar-refractivity contribution in [3.63, 3.8) is 0 Å². The molecule has 3 nitrogen and oxygen atoms in total. The highest BCUT2D eigenvalue weighted by Crippen LogP contribution is 2.25. The molecule has 17 heavy (non-hydrogen) atoms. The van der Waals surface area contributed by atoms with E-state index in [0.29, 0.717) is 22.3 Å². The summed E-state index contributed by atoms with van der Waals surface area (Å²) in [6.07, 6.45) is 3.17. The van der Waals surface area contributed by atoms with Crippen LogP contribution in [0.1, 0.15) is 36.5 Å². The van der Waals surface area contributed by atoms with Gasteiger partial charge in [-0.2, -0.15) is 0 Å². The first-order valence-corrected chi connectivity index (χ1v) is 6.37. The quantitative estimate of drug-likeness (QED) is 0.823. The van der Waals surface area contributed by atoms with Crippen molar-refractivity contribution in [1.29, 1.82) is 0 Å². The van der Waals surface area contributed by atoms with Gasteiger partial charge in [0.05, 0.1) is 5.56 Å². The molecule has 1 heterocycles. The molecule has 1 aliphatic heterocycles. The first-order valence-electron chi connectivity index (χ1n) is 5.99. The highest BCUT2D eigenvalue weighted by atomic mass is 35.5.